The summed E-state index contributed by atoms with van der Waals surface area (Å²) in [6.07, 6.45) is 0.911. The van der Waals surface area contributed by atoms with Gasteiger partial charge in [-0.2, -0.15) is 5.10 Å². The van der Waals surface area contributed by atoms with E-state index in [1.165, 1.54) is 0 Å². The Bertz CT molecular complexity index is 420. The van der Waals surface area contributed by atoms with E-state index < -0.39 is 0 Å². The van der Waals surface area contributed by atoms with Gasteiger partial charge in [0, 0.05) is 43.9 Å². The van der Waals surface area contributed by atoms with Crippen molar-refractivity contribution in [2.45, 2.75) is 19.9 Å². The highest BCUT2D eigenvalue weighted by Gasteiger charge is 2.20. The Hall–Kier alpha value is -1.11. The molecule has 3 N–H and O–H groups in total. The van der Waals surface area contributed by atoms with E-state index in [1.54, 1.807) is 0 Å². The average Bonchev–Trinajstić information content (AvgIpc) is 2.82. The molecule has 0 fully saturated rings. The summed E-state index contributed by atoms with van der Waals surface area (Å²) in [5, 5.41) is 13.2. The number of H-pyrrole nitrogens is 1. The third-order valence-corrected chi connectivity index (χ3v) is 3.34. The second kappa shape index (κ2) is 7.47. The third kappa shape index (κ3) is 3.92. The van der Waals surface area contributed by atoms with E-state index in [1.807, 2.05) is 7.05 Å². The van der Waals surface area contributed by atoms with Crippen LogP contribution in [0.2, 0.25) is 0 Å². The fraction of sp³-hybridized carbons (Fsp3) is 0.667. The molecule has 2 heterocycles. The van der Waals surface area contributed by atoms with Crippen LogP contribution in [0, 0.1) is 0 Å². The fourth-order valence-electron chi connectivity index (χ4n) is 2.02. The van der Waals surface area contributed by atoms with Crippen LogP contribution in [-0.2, 0) is 13.0 Å². The second-order valence-corrected chi connectivity index (χ2v) is 4.61. The molecule has 0 unspecified atom stereocenters. The van der Waals surface area contributed by atoms with Crippen molar-refractivity contribution in [3.8, 4) is 0 Å². The highest BCUT2D eigenvalue weighted by Crippen LogP contribution is 2.14. The molecule has 0 aromatic carbocycles. The summed E-state index contributed by atoms with van der Waals surface area (Å²) < 4.78 is 0. The van der Waals surface area contributed by atoms with Gasteiger partial charge in [0.15, 0.2) is 5.69 Å². The normalized spacial score (nSPS) is 13.8. The van der Waals surface area contributed by atoms with E-state index in [9.17, 15) is 4.79 Å². The lowest BCUT2D eigenvalue weighted by Crippen LogP contribution is -2.34. The van der Waals surface area contributed by atoms with E-state index in [0.717, 1.165) is 43.9 Å². The lowest BCUT2D eigenvalue weighted by Gasteiger charge is -2.15. The summed E-state index contributed by atoms with van der Waals surface area (Å²) in [7, 11) is 2.03. The summed E-state index contributed by atoms with van der Waals surface area (Å²) in [4.78, 5) is 14.2. The molecule has 1 amide bonds. The summed E-state index contributed by atoms with van der Waals surface area (Å²) in [6, 6.07) is 0. The zero-order valence-electron chi connectivity index (χ0n) is 11.5. The van der Waals surface area contributed by atoms with Crippen LogP contribution in [0.4, 0.5) is 0 Å². The van der Waals surface area contributed by atoms with Crippen molar-refractivity contribution in [3.63, 3.8) is 0 Å². The van der Waals surface area contributed by atoms with Gasteiger partial charge in [0.05, 0.1) is 0 Å². The van der Waals surface area contributed by atoms with Gasteiger partial charge in [0.1, 0.15) is 0 Å². The second-order valence-electron chi connectivity index (χ2n) is 4.61. The molecule has 0 radical (unpaired) electrons. The smallest absolute Gasteiger partial charge is 0.272 e. The number of halogens is 1. The molecule has 0 saturated heterocycles. The number of rotatable bonds is 5. The SMILES string of the molecule is CCN(C)CCNC(=O)c1n[nH]c2c1CNCC2.Cl. The first-order chi connectivity index (χ1) is 8.72. The molecule has 7 heteroatoms. The van der Waals surface area contributed by atoms with Crippen molar-refractivity contribution in [2.24, 2.45) is 0 Å². The minimum atomic E-state index is -0.0827. The first kappa shape index (κ1) is 15.9. The lowest BCUT2D eigenvalue weighted by atomic mass is 10.1. The number of carbonyl (C=O) groups is 1. The van der Waals surface area contributed by atoms with E-state index in [4.69, 9.17) is 0 Å². The molecular formula is C12H22ClN5O. The number of carbonyl (C=O) groups excluding carboxylic acids is 1. The van der Waals surface area contributed by atoms with E-state index >= 15 is 0 Å². The van der Waals surface area contributed by atoms with Gasteiger partial charge in [0.2, 0.25) is 0 Å². The maximum atomic E-state index is 12.0. The summed E-state index contributed by atoms with van der Waals surface area (Å²) in [6.45, 7) is 6.25. The minimum Gasteiger partial charge on any atom is -0.349 e. The Morgan fingerprint density at radius 2 is 2.32 bits per heavy atom. The Balaban J connectivity index is 0.00000180. The van der Waals surface area contributed by atoms with Crippen LogP contribution >= 0.6 is 12.4 Å². The number of aromatic amines is 1. The van der Waals surface area contributed by atoms with Crippen molar-refractivity contribution < 1.29 is 4.79 Å². The number of fused-ring (bicyclic) bond motifs is 1. The van der Waals surface area contributed by atoms with Crippen LogP contribution in [0.25, 0.3) is 0 Å². The van der Waals surface area contributed by atoms with Crippen LogP contribution in [-0.4, -0.2) is 54.2 Å². The topological polar surface area (TPSA) is 73.0 Å². The monoisotopic (exact) mass is 287 g/mol. The first-order valence-corrected chi connectivity index (χ1v) is 6.46. The van der Waals surface area contributed by atoms with Gasteiger partial charge >= 0.3 is 0 Å². The quantitative estimate of drug-likeness (QED) is 0.721. The third-order valence-electron chi connectivity index (χ3n) is 3.34. The zero-order chi connectivity index (χ0) is 13.0. The lowest BCUT2D eigenvalue weighted by molar-refractivity contribution is 0.0944. The van der Waals surface area contributed by atoms with Crippen LogP contribution in [0.3, 0.4) is 0 Å². The molecule has 0 saturated carbocycles. The van der Waals surface area contributed by atoms with E-state index in [-0.39, 0.29) is 18.3 Å². The Kier molecular flexibility index (Phi) is 6.27. The van der Waals surface area contributed by atoms with Gasteiger partial charge in [0.25, 0.3) is 5.91 Å². The van der Waals surface area contributed by atoms with Crippen LogP contribution in [0.1, 0.15) is 28.7 Å². The molecule has 0 aliphatic carbocycles. The summed E-state index contributed by atoms with van der Waals surface area (Å²) >= 11 is 0. The number of nitrogens with zero attached hydrogens (tertiary/aromatic N) is 2. The zero-order valence-corrected chi connectivity index (χ0v) is 12.3. The number of nitrogens with one attached hydrogen (secondary N) is 3. The molecule has 0 atom stereocenters. The average molecular weight is 288 g/mol. The molecular weight excluding hydrogens is 266 g/mol. The largest absolute Gasteiger partial charge is 0.349 e. The van der Waals surface area contributed by atoms with Gasteiger partial charge in [-0.05, 0) is 13.6 Å². The molecule has 0 bridgehead atoms. The molecule has 1 aromatic heterocycles. The van der Waals surface area contributed by atoms with Gasteiger partial charge in [-0.15, -0.1) is 12.4 Å². The molecule has 6 nitrogen and oxygen atoms in total. The molecule has 0 spiro atoms. The van der Waals surface area contributed by atoms with E-state index in [2.05, 4.69) is 32.7 Å². The molecule has 1 aliphatic rings. The van der Waals surface area contributed by atoms with Crippen molar-refractivity contribution in [3.05, 3.63) is 17.0 Å². The number of hydrogen-bond acceptors (Lipinski definition) is 4. The van der Waals surface area contributed by atoms with Crippen LogP contribution < -0.4 is 10.6 Å². The summed E-state index contributed by atoms with van der Waals surface area (Å²) in [5.41, 5.74) is 2.64. The Labute approximate surface area is 119 Å². The summed E-state index contributed by atoms with van der Waals surface area (Å²) in [5.74, 6) is -0.0827. The van der Waals surface area contributed by atoms with Crippen LogP contribution in [0.5, 0.6) is 0 Å². The highest BCUT2D eigenvalue weighted by molar-refractivity contribution is 5.94. The van der Waals surface area contributed by atoms with Gasteiger partial charge in [-0.1, -0.05) is 6.92 Å². The number of amides is 1. The van der Waals surface area contributed by atoms with Crippen molar-refractivity contribution >= 4 is 18.3 Å². The molecule has 108 valence electrons. The standard InChI is InChI=1S/C12H21N5O.ClH/c1-3-17(2)7-6-14-12(18)11-9-8-13-5-4-10(9)15-16-11;/h13H,3-8H2,1-2H3,(H,14,18)(H,15,16);1H. The molecule has 2 rings (SSSR count). The minimum absolute atomic E-state index is 0. The van der Waals surface area contributed by atoms with Crippen molar-refractivity contribution in [1.82, 2.24) is 25.7 Å². The molecule has 19 heavy (non-hydrogen) atoms. The Morgan fingerprint density at radius 1 is 1.53 bits per heavy atom. The molecule has 1 aliphatic heterocycles. The molecule has 1 aromatic rings. The predicted molar refractivity (Wildman–Crippen MR) is 76.8 cm³/mol. The number of hydrogen-bond donors (Lipinski definition) is 3. The van der Waals surface area contributed by atoms with Crippen molar-refractivity contribution in [2.75, 3.05) is 33.2 Å². The van der Waals surface area contributed by atoms with Crippen molar-refractivity contribution in [1.29, 1.82) is 0 Å². The maximum Gasteiger partial charge on any atom is 0.272 e. The fourth-order valence-corrected chi connectivity index (χ4v) is 2.02. The number of likely N-dealkylation sites (N-methyl/N-ethyl adjacent to an activating group) is 1. The first-order valence-electron chi connectivity index (χ1n) is 6.46. The van der Waals surface area contributed by atoms with Crippen LogP contribution in [0.15, 0.2) is 0 Å². The number of aromatic nitrogens is 2. The van der Waals surface area contributed by atoms with Gasteiger partial charge < -0.3 is 15.5 Å². The van der Waals surface area contributed by atoms with Gasteiger partial charge in [-0.3, -0.25) is 9.89 Å². The highest BCUT2D eigenvalue weighted by atomic mass is 35.5. The van der Waals surface area contributed by atoms with E-state index in [0.29, 0.717) is 12.2 Å². The maximum absolute atomic E-state index is 12.0. The Morgan fingerprint density at radius 3 is 3.05 bits per heavy atom. The predicted octanol–water partition coefficient (Wildman–Crippen LogP) is 0.159. The van der Waals surface area contributed by atoms with Gasteiger partial charge in [-0.25, -0.2) is 0 Å².